The maximum Gasteiger partial charge on any atom is 0.407 e. The molecule has 0 radical (unpaired) electrons. The first-order chi connectivity index (χ1) is 18.0. The van der Waals surface area contributed by atoms with Gasteiger partial charge in [-0.25, -0.2) is 4.79 Å². The van der Waals surface area contributed by atoms with Gasteiger partial charge in [-0.2, -0.15) is 0 Å². The van der Waals surface area contributed by atoms with Crippen molar-refractivity contribution < 1.29 is 24.2 Å². The number of nitrogens with zero attached hydrogens (tertiary/aromatic N) is 1. The average molecular weight is 499 g/mol. The van der Waals surface area contributed by atoms with Gasteiger partial charge in [0.15, 0.2) is 0 Å². The van der Waals surface area contributed by atoms with Crippen molar-refractivity contribution in [3.63, 3.8) is 0 Å². The summed E-state index contributed by atoms with van der Waals surface area (Å²) >= 11 is 0. The summed E-state index contributed by atoms with van der Waals surface area (Å²) in [6.45, 7) is 0.538. The summed E-state index contributed by atoms with van der Waals surface area (Å²) in [6.07, 6.45) is 0.839. The third-order valence-electron chi connectivity index (χ3n) is 7.05. The van der Waals surface area contributed by atoms with E-state index in [2.05, 4.69) is 17.4 Å². The third-order valence-corrected chi connectivity index (χ3v) is 7.05. The number of amides is 2. The molecule has 1 unspecified atom stereocenters. The van der Waals surface area contributed by atoms with Gasteiger partial charge in [-0.05, 0) is 47.1 Å². The largest absolute Gasteiger partial charge is 0.481 e. The van der Waals surface area contributed by atoms with Crippen LogP contribution in [0.25, 0.3) is 11.1 Å². The lowest BCUT2D eigenvalue weighted by Crippen LogP contribution is -2.49. The van der Waals surface area contributed by atoms with Gasteiger partial charge in [-0.1, -0.05) is 78.9 Å². The molecule has 3 aromatic rings. The summed E-state index contributed by atoms with van der Waals surface area (Å²) in [5.74, 6) is -1.40. The molecule has 0 bridgehead atoms. The van der Waals surface area contributed by atoms with Crippen molar-refractivity contribution in [3.05, 3.63) is 95.6 Å². The fourth-order valence-electron chi connectivity index (χ4n) is 5.06. The number of carboxylic acid groups (broad SMARTS) is 1. The van der Waals surface area contributed by atoms with Crippen molar-refractivity contribution in [3.8, 4) is 11.1 Å². The highest BCUT2D eigenvalue weighted by Gasteiger charge is 2.37. The number of carboxylic acids is 1. The van der Waals surface area contributed by atoms with Gasteiger partial charge in [0, 0.05) is 24.9 Å². The van der Waals surface area contributed by atoms with Gasteiger partial charge in [0.05, 0.1) is 0 Å². The van der Waals surface area contributed by atoms with E-state index in [1.54, 1.807) is 4.90 Å². The van der Waals surface area contributed by atoms with Gasteiger partial charge >= 0.3 is 12.1 Å². The Kier molecular flexibility index (Phi) is 7.21. The zero-order chi connectivity index (χ0) is 25.8. The van der Waals surface area contributed by atoms with Gasteiger partial charge in [-0.15, -0.1) is 0 Å². The highest BCUT2D eigenvalue weighted by Crippen LogP contribution is 2.44. The number of fused-ring (bicyclic) bond motifs is 3. The van der Waals surface area contributed by atoms with Crippen molar-refractivity contribution in [2.45, 2.75) is 50.2 Å². The van der Waals surface area contributed by atoms with Crippen LogP contribution in [0, 0.1) is 0 Å². The molecule has 0 aliphatic heterocycles. The standard InChI is InChI=1S/C30H30N2O5/c33-28(34)17-16-27(29(35)32(21-14-15-21)18-20-8-2-1-3-9-20)31-30(36)37-19-26-24-12-6-4-10-22(24)23-11-5-7-13-25(23)26/h1-13,21,26-27H,14-19H2,(H,31,36)(H,33,34). The van der Waals surface area contributed by atoms with Crippen LogP contribution >= 0.6 is 0 Å². The molecule has 5 rings (SSSR count). The SMILES string of the molecule is O=C(O)CCC(NC(=O)OCC1c2ccccc2-c2ccccc21)C(=O)N(Cc1ccccc1)C1CC1. The van der Waals surface area contributed by atoms with Gasteiger partial charge in [0.2, 0.25) is 5.91 Å². The Morgan fingerprint density at radius 1 is 0.892 bits per heavy atom. The second-order valence-electron chi connectivity index (χ2n) is 9.64. The van der Waals surface area contributed by atoms with Crippen LogP contribution in [-0.4, -0.2) is 46.7 Å². The summed E-state index contributed by atoms with van der Waals surface area (Å²) in [4.78, 5) is 39.5. The molecule has 0 saturated heterocycles. The summed E-state index contributed by atoms with van der Waals surface area (Å²) in [7, 11) is 0. The number of alkyl carbamates (subject to hydrolysis) is 1. The van der Waals surface area contributed by atoms with E-state index in [0.29, 0.717) is 6.54 Å². The maximum atomic E-state index is 13.5. The Morgan fingerprint density at radius 3 is 2.08 bits per heavy atom. The van der Waals surface area contributed by atoms with Crippen LogP contribution in [0.4, 0.5) is 4.79 Å². The van der Waals surface area contributed by atoms with Crippen LogP contribution in [0.3, 0.4) is 0 Å². The maximum absolute atomic E-state index is 13.5. The van der Waals surface area contributed by atoms with Crippen LogP contribution in [0.1, 0.15) is 48.3 Å². The molecule has 0 aromatic heterocycles. The van der Waals surface area contributed by atoms with Crippen molar-refractivity contribution in [1.29, 1.82) is 0 Å². The smallest absolute Gasteiger partial charge is 0.407 e. The van der Waals surface area contributed by atoms with E-state index < -0.39 is 18.1 Å². The fraction of sp³-hybridized carbons (Fsp3) is 0.300. The molecule has 2 amide bonds. The molecule has 0 spiro atoms. The lowest BCUT2D eigenvalue weighted by atomic mass is 9.98. The molecular formula is C30H30N2O5. The number of carbonyl (C=O) groups is 3. The summed E-state index contributed by atoms with van der Waals surface area (Å²) in [5.41, 5.74) is 5.43. The Balaban J connectivity index is 1.27. The number of ether oxygens (including phenoxy) is 1. The molecule has 2 aliphatic rings. The van der Waals surface area contributed by atoms with Crippen LogP contribution in [0.15, 0.2) is 78.9 Å². The van der Waals surface area contributed by atoms with Crippen LogP contribution in [0.5, 0.6) is 0 Å². The average Bonchev–Trinajstić information content (AvgIpc) is 3.71. The van der Waals surface area contributed by atoms with Crippen molar-refractivity contribution in [1.82, 2.24) is 10.2 Å². The Morgan fingerprint density at radius 2 is 1.49 bits per heavy atom. The molecule has 0 heterocycles. The predicted molar refractivity (Wildman–Crippen MR) is 139 cm³/mol. The van der Waals surface area contributed by atoms with Crippen molar-refractivity contribution >= 4 is 18.0 Å². The Hall–Kier alpha value is -4.13. The number of carbonyl (C=O) groups excluding carboxylic acids is 2. The molecule has 3 aromatic carbocycles. The number of nitrogens with one attached hydrogen (secondary N) is 1. The Labute approximate surface area is 216 Å². The lowest BCUT2D eigenvalue weighted by molar-refractivity contribution is -0.138. The number of benzene rings is 3. The van der Waals surface area contributed by atoms with E-state index in [1.807, 2.05) is 66.7 Å². The second-order valence-corrected chi connectivity index (χ2v) is 9.64. The molecule has 2 N–H and O–H groups in total. The zero-order valence-electron chi connectivity index (χ0n) is 20.5. The predicted octanol–water partition coefficient (Wildman–Crippen LogP) is 4.95. The fourth-order valence-corrected chi connectivity index (χ4v) is 5.06. The van der Waals surface area contributed by atoms with Crippen molar-refractivity contribution in [2.24, 2.45) is 0 Å². The molecular weight excluding hydrogens is 468 g/mol. The van der Waals surface area contributed by atoms with E-state index in [4.69, 9.17) is 4.74 Å². The van der Waals surface area contributed by atoms with Gasteiger partial charge in [0.1, 0.15) is 12.6 Å². The summed E-state index contributed by atoms with van der Waals surface area (Å²) in [5, 5.41) is 11.9. The highest BCUT2D eigenvalue weighted by atomic mass is 16.5. The molecule has 7 heteroatoms. The minimum Gasteiger partial charge on any atom is -0.481 e. The van der Waals surface area contributed by atoms with Crippen LogP contribution in [0.2, 0.25) is 0 Å². The minimum absolute atomic E-state index is 0.00360. The van der Waals surface area contributed by atoms with E-state index >= 15 is 0 Å². The van der Waals surface area contributed by atoms with E-state index in [9.17, 15) is 19.5 Å². The molecule has 37 heavy (non-hydrogen) atoms. The molecule has 190 valence electrons. The van der Waals surface area contributed by atoms with E-state index in [1.165, 1.54) is 0 Å². The molecule has 1 fully saturated rings. The molecule has 7 nitrogen and oxygen atoms in total. The topological polar surface area (TPSA) is 95.9 Å². The first-order valence-corrected chi connectivity index (χ1v) is 12.7. The molecule has 2 aliphatic carbocycles. The summed E-state index contributed by atoms with van der Waals surface area (Å²) < 4.78 is 5.63. The minimum atomic E-state index is -1.02. The van der Waals surface area contributed by atoms with Crippen LogP contribution in [-0.2, 0) is 20.9 Å². The zero-order valence-corrected chi connectivity index (χ0v) is 20.5. The monoisotopic (exact) mass is 498 g/mol. The highest BCUT2D eigenvalue weighted by molar-refractivity contribution is 5.87. The van der Waals surface area contributed by atoms with Crippen LogP contribution < -0.4 is 5.32 Å². The lowest BCUT2D eigenvalue weighted by Gasteiger charge is -2.28. The number of hydrogen-bond donors (Lipinski definition) is 2. The summed E-state index contributed by atoms with van der Waals surface area (Å²) in [6, 6.07) is 24.9. The van der Waals surface area contributed by atoms with Crippen molar-refractivity contribution in [2.75, 3.05) is 6.61 Å². The third kappa shape index (κ3) is 5.66. The number of aliphatic carboxylic acids is 1. The van der Waals surface area contributed by atoms with Gasteiger partial charge < -0.3 is 20.1 Å². The number of rotatable bonds is 10. The number of hydrogen-bond acceptors (Lipinski definition) is 4. The van der Waals surface area contributed by atoms with E-state index in [0.717, 1.165) is 40.7 Å². The van der Waals surface area contributed by atoms with Gasteiger partial charge in [0.25, 0.3) is 0 Å². The van der Waals surface area contributed by atoms with E-state index in [-0.39, 0.29) is 37.3 Å². The second kappa shape index (κ2) is 10.9. The normalized spacial score (nSPS) is 14.8. The Bertz CT molecular complexity index is 1240. The quantitative estimate of drug-likeness (QED) is 0.412. The first kappa shape index (κ1) is 24.6. The first-order valence-electron chi connectivity index (χ1n) is 12.7. The molecule has 1 atom stereocenters. The van der Waals surface area contributed by atoms with Gasteiger partial charge in [-0.3, -0.25) is 9.59 Å². The molecule has 1 saturated carbocycles.